The Balaban J connectivity index is 2.16. The molecule has 2 rings (SSSR count). The van der Waals surface area contributed by atoms with Crippen molar-refractivity contribution in [2.24, 2.45) is 7.05 Å². The minimum absolute atomic E-state index is 0.176. The summed E-state index contributed by atoms with van der Waals surface area (Å²) in [4.78, 5) is 12.0. The Bertz CT molecular complexity index is 661. The van der Waals surface area contributed by atoms with Gasteiger partial charge in [0, 0.05) is 31.4 Å². The van der Waals surface area contributed by atoms with Crippen LogP contribution in [-0.2, 0) is 20.1 Å². The van der Waals surface area contributed by atoms with E-state index in [4.69, 9.17) is 11.6 Å². The van der Waals surface area contributed by atoms with Gasteiger partial charge in [0.05, 0.1) is 18.1 Å². The second-order valence-corrected chi connectivity index (χ2v) is 5.01. The highest BCUT2D eigenvalue weighted by atomic mass is 35.5. The molecule has 108 valence electrons. The van der Waals surface area contributed by atoms with Gasteiger partial charge in [-0.3, -0.25) is 9.48 Å². The average molecular weight is 296 g/mol. The molecule has 0 saturated heterocycles. The number of nitrogens with zero attached hydrogens (tertiary/aromatic N) is 4. The summed E-state index contributed by atoms with van der Waals surface area (Å²) in [5.41, 5.74) is 2.41. The molecule has 0 bridgehead atoms. The van der Waals surface area contributed by atoms with Crippen molar-refractivity contribution in [1.29, 1.82) is 0 Å². The number of anilines is 1. The highest BCUT2D eigenvalue weighted by molar-refractivity contribution is 6.32. The van der Waals surface area contributed by atoms with Gasteiger partial charge in [-0.2, -0.15) is 10.2 Å². The number of aryl methyl sites for hydroxylation is 2. The molecule has 0 amide bonds. The molecule has 0 unspecified atom stereocenters. The van der Waals surface area contributed by atoms with Crippen LogP contribution in [0.5, 0.6) is 0 Å². The van der Waals surface area contributed by atoms with Crippen LogP contribution in [0.3, 0.4) is 0 Å². The van der Waals surface area contributed by atoms with Crippen LogP contribution in [0.1, 0.15) is 24.6 Å². The molecule has 0 radical (unpaired) electrons. The Kier molecular flexibility index (Phi) is 4.44. The molecule has 20 heavy (non-hydrogen) atoms. The van der Waals surface area contributed by atoms with E-state index in [2.05, 4.69) is 15.5 Å². The first-order valence-corrected chi connectivity index (χ1v) is 6.89. The second kappa shape index (κ2) is 6.09. The molecule has 0 aromatic carbocycles. The minimum Gasteiger partial charge on any atom is -0.378 e. The van der Waals surface area contributed by atoms with Crippen LogP contribution in [0.15, 0.2) is 17.2 Å². The van der Waals surface area contributed by atoms with Gasteiger partial charge in [0.25, 0.3) is 5.56 Å². The Labute approximate surface area is 122 Å². The maximum Gasteiger partial charge on any atom is 0.287 e. The summed E-state index contributed by atoms with van der Waals surface area (Å²) in [7, 11) is 1.89. The molecule has 0 spiro atoms. The quantitative estimate of drug-likeness (QED) is 0.916. The topological polar surface area (TPSA) is 64.7 Å². The molecule has 0 atom stereocenters. The highest BCUT2D eigenvalue weighted by Crippen LogP contribution is 2.17. The SMILES string of the molecule is CCCn1ncc(NCc2cnn(C)c2C)c(Cl)c1=O. The predicted molar refractivity (Wildman–Crippen MR) is 79.1 cm³/mol. The van der Waals surface area contributed by atoms with E-state index >= 15 is 0 Å². The zero-order valence-corrected chi connectivity index (χ0v) is 12.6. The van der Waals surface area contributed by atoms with Crippen molar-refractivity contribution >= 4 is 17.3 Å². The molecule has 0 aliphatic heterocycles. The Hall–Kier alpha value is -1.82. The van der Waals surface area contributed by atoms with E-state index in [-0.39, 0.29) is 10.6 Å². The Morgan fingerprint density at radius 1 is 1.35 bits per heavy atom. The molecule has 0 fully saturated rings. The third kappa shape index (κ3) is 2.85. The fraction of sp³-hybridized carbons (Fsp3) is 0.462. The lowest BCUT2D eigenvalue weighted by molar-refractivity contribution is 0.568. The first-order chi connectivity index (χ1) is 9.54. The van der Waals surface area contributed by atoms with E-state index in [0.717, 1.165) is 17.7 Å². The third-order valence-corrected chi connectivity index (χ3v) is 3.59. The number of hydrogen-bond acceptors (Lipinski definition) is 4. The normalized spacial score (nSPS) is 10.8. The zero-order valence-electron chi connectivity index (χ0n) is 11.9. The van der Waals surface area contributed by atoms with E-state index in [0.29, 0.717) is 18.8 Å². The molecule has 2 heterocycles. The number of nitrogens with one attached hydrogen (secondary N) is 1. The lowest BCUT2D eigenvalue weighted by atomic mass is 10.2. The third-order valence-electron chi connectivity index (χ3n) is 3.23. The smallest absolute Gasteiger partial charge is 0.287 e. The molecule has 2 aromatic rings. The summed E-state index contributed by atoms with van der Waals surface area (Å²) >= 11 is 6.09. The van der Waals surface area contributed by atoms with E-state index < -0.39 is 0 Å². The lowest BCUT2D eigenvalue weighted by Crippen LogP contribution is -2.24. The van der Waals surface area contributed by atoms with E-state index in [1.807, 2.05) is 20.9 Å². The summed E-state index contributed by atoms with van der Waals surface area (Å²) in [5, 5.41) is 11.6. The summed E-state index contributed by atoms with van der Waals surface area (Å²) in [6.07, 6.45) is 4.22. The van der Waals surface area contributed by atoms with Crippen LogP contribution in [0.4, 0.5) is 5.69 Å². The lowest BCUT2D eigenvalue weighted by Gasteiger charge is -2.09. The molecule has 0 aliphatic carbocycles. The number of halogens is 1. The van der Waals surface area contributed by atoms with Crippen molar-refractivity contribution < 1.29 is 0 Å². The molecule has 0 saturated carbocycles. The van der Waals surface area contributed by atoms with Crippen LogP contribution in [0.2, 0.25) is 5.02 Å². The first-order valence-electron chi connectivity index (χ1n) is 6.51. The van der Waals surface area contributed by atoms with Crippen molar-refractivity contribution in [3.05, 3.63) is 39.0 Å². The second-order valence-electron chi connectivity index (χ2n) is 4.63. The van der Waals surface area contributed by atoms with Gasteiger partial charge in [-0.05, 0) is 13.3 Å². The summed E-state index contributed by atoms with van der Waals surface area (Å²) in [6, 6.07) is 0. The predicted octanol–water partition coefficient (Wildman–Crippen LogP) is 1.96. The van der Waals surface area contributed by atoms with Crippen molar-refractivity contribution in [3.63, 3.8) is 0 Å². The van der Waals surface area contributed by atoms with Gasteiger partial charge in [-0.15, -0.1) is 0 Å². The average Bonchev–Trinajstić information content (AvgIpc) is 2.75. The first kappa shape index (κ1) is 14.6. The van der Waals surface area contributed by atoms with Gasteiger partial charge >= 0.3 is 0 Å². The maximum absolute atomic E-state index is 12.0. The van der Waals surface area contributed by atoms with Crippen LogP contribution in [0, 0.1) is 6.92 Å². The molecular weight excluding hydrogens is 278 g/mol. The van der Waals surface area contributed by atoms with Crippen molar-refractivity contribution in [2.45, 2.75) is 33.4 Å². The van der Waals surface area contributed by atoms with E-state index in [1.165, 1.54) is 4.68 Å². The van der Waals surface area contributed by atoms with Crippen LogP contribution >= 0.6 is 11.6 Å². The molecular formula is C13H18ClN5O. The molecule has 7 heteroatoms. The molecule has 2 aromatic heterocycles. The molecule has 6 nitrogen and oxygen atoms in total. The van der Waals surface area contributed by atoms with Crippen molar-refractivity contribution in [1.82, 2.24) is 19.6 Å². The van der Waals surface area contributed by atoms with Gasteiger partial charge in [0.1, 0.15) is 5.02 Å². The van der Waals surface area contributed by atoms with Gasteiger partial charge in [-0.25, -0.2) is 4.68 Å². The number of rotatable bonds is 5. The fourth-order valence-electron chi connectivity index (χ4n) is 1.87. The van der Waals surface area contributed by atoms with E-state index in [1.54, 1.807) is 17.1 Å². The van der Waals surface area contributed by atoms with Gasteiger partial charge in [-0.1, -0.05) is 18.5 Å². The number of hydrogen-bond donors (Lipinski definition) is 1. The monoisotopic (exact) mass is 295 g/mol. The van der Waals surface area contributed by atoms with Crippen LogP contribution in [-0.4, -0.2) is 19.6 Å². The molecule has 1 N–H and O–H groups in total. The minimum atomic E-state index is -0.263. The largest absolute Gasteiger partial charge is 0.378 e. The van der Waals surface area contributed by atoms with Gasteiger partial charge in [0.2, 0.25) is 0 Å². The number of aromatic nitrogens is 4. The van der Waals surface area contributed by atoms with Crippen LogP contribution in [0.25, 0.3) is 0 Å². The van der Waals surface area contributed by atoms with Crippen LogP contribution < -0.4 is 10.9 Å². The Morgan fingerprint density at radius 2 is 2.10 bits per heavy atom. The Morgan fingerprint density at radius 3 is 2.70 bits per heavy atom. The van der Waals surface area contributed by atoms with E-state index in [9.17, 15) is 4.79 Å². The summed E-state index contributed by atoms with van der Waals surface area (Å²) in [6.45, 7) is 5.10. The van der Waals surface area contributed by atoms with Crippen molar-refractivity contribution in [3.8, 4) is 0 Å². The molecule has 0 aliphatic rings. The van der Waals surface area contributed by atoms with Crippen molar-refractivity contribution in [2.75, 3.05) is 5.32 Å². The highest BCUT2D eigenvalue weighted by Gasteiger charge is 2.10. The van der Waals surface area contributed by atoms with Gasteiger partial charge in [0.15, 0.2) is 0 Å². The summed E-state index contributed by atoms with van der Waals surface area (Å²) in [5.74, 6) is 0. The fourth-order valence-corrected chi connectivity index (χ4v) is 2.08. The standard InChI is InChI=1S/C13H18ClN5O/c1-4-5-19-13(20)12(14)11(8-17-19)15-6-10-7-16-18(3)9(10)2/h7-8,15H,4-6H2,1-3H3. The summed E-state index contributed by atoms with van der Waals surface area (Å²) < 4.78 is 3.18. The van der Waals surface area contributed by atoms with Gasteiger partial charge < -0.3 is 5.32 Å². The zero-order chi connectivity index (χ0) is 14.7. The maximum atomic E-state index is 12.0.